The van der Waals surface area contributed by atoms with E-state index in [9.17, 15) is 8.42 Å². The zero-order valence-electron chi connectivity index (χ0n) is 6.90. The van der Waals surface area contributed by atoms with Gasteiger partial charge in [0.1, 0.15) is 0 Å². The lowest BCUT2D eigenvalue weighted by atomic mass is 10.4. The molecule has 1 aliphatic heterocycles. The minimum absolute atomic E-state index is 0.0347. The number of hydrogen-bond acceptors (Lipinski definition) is 4. The Morgan fingerprint density at radius 1 is 1.33 bits per heavy atom. The Morgan fingerprint density at radius 2 is 1.92 bits per heavy atom. The zero-order chi connectivity index (χ0) is 9.03. The Hall–Kier alpha value is -0.170. The van der Waals surface area contributed by atoms with Gasteiger partial charge in [0.25, 0.3) is 0 Å². The van der Waals surface area contributed by atoms with Crippen LogP contribution < -0.4 is 5.14 Å². The van der Waals surface area contributed by atoms with E-state index in [1.54, 1.807) is 0 Å². The van der Waals surface area contributed by atoms with Gasteiger partial charge in [-0.15, -0.1) is 0 Å². The lowest BCUT2D eigenvalue weighted by Crippen LogP contribution is -2.39. The van der Waals surface area contributed by atoms with E-state index in [0.29, 0.717) is 19.8 Å². The summed E-state index contributed by atoms with van der Waals surface area (Å²) in [7, 11) is -3.31. The van der Waals surface area contributed by atoms with Crippen LogP contribution in [0.1, 0.15) is 0 Å². The molecule has 0 radical (unpaired) electrons. The summed E-state index contributed by atoms with van der Waals surface area (Å²) < 4.78 is 26.3. The summed E-state index contributed by atoms with van der Waals surface area (Å²) in [6.07, 6.45) is 0. The van der Waals surface area contributed by atoms with Crippen molar-refractivity contribution in [2.75, 3.05) is 38.6 Å². The third-order valence-corrected chi connectivity index (χ3v) is 2.55. The van der Waals surface area contributed by atoms with Crippen LogP contribution in [-0.4, -0.2) is 51.9 Å². The molecule has 0 saturated carbocycles. The van der Waals surface area contributed by atoms with E-state index in [0.717, 1.165) is 13.1 Å². The van der Waals surface area contributed by atoms with Crippen LogP contribution >= 0.6 is 0 Å². The summed E-state index contributed by atoms with van der Waals surface area (Å²) in [6, 6.07) is 0. The predicted octanol–water partition coefficient (Wildman–Crippen LogP) is -1.39. The van der Waals surface area contributed by atoms with Crippen molar-refractivity contribution in [3.05, 3.63) is 0 Å². The minimum Gasteiger partial charge on any atom is -0.379 e. The molecule has 12 heavy (non-hydrogen) atoms. The lowest BCUT2D eigenvalue weighted by Gasteiger charge is -2.25. The third kappa shape index (κ3) is 4.01. The number of rotatable bonds is 3. The van der Waals surface area contributed by atoms with Gasteiger partial charge in [-0.1, -0.05) is 0 Å². The highest BCUT2D eigenvalue weighted by Crippen LogP contribution is 1.96. The van der Waals surface area contributed by atoms with Crippen molar-refractivity contribution >= 4 is 10.0 Å². The van der Waals surface area contributed by atoms with Gasteiger partial charge in [-0.25, -0.2) is 13.6 Å². The molecule has 2 N–H and O–H groups in total. The van der Waals surface area contributed by atoms with E-state index < -0.39 is 10.0 Å². The van der Waals surface area contributed by atoms with Gasteiger partial charge in [0.15, 0.2) is 0 Å². The summed E-state index contributed by atoms with van der Waals surface area (Å²) in [6.45, 7) is 3.49. The molecule has 0 aliphatic carbocycles. The Bertz CT molecular complexity index is 221. The van der Waals surface area contributed by atoms with Crippen molar-refractivity contribution in [2.24, 2.45) is 5.14 Å². The molecule has 0 aromatic rings. The van der Waals surface area contributed by atoms with Crippen molar-refractivity contribution < 1.29 is 13.2 Å². The van der Waals surface area contributed by atoms with Gasteiger partial charge in [0, 0.05) is 19.6 Å². The van der Waals surface area contributed by atoms with E-state index in [1.165, 1.54) is 0 Å². The monoisotopic (exact) mass is 194 g/mol. The molecule has 0 aromatic carbocycles. The lowest BCUT2D eigenvalue weighted by molar-refractivity contribution is 0.0408. The Morgan fingerprint density at radius 3 is 2.42 bits per heavy atom. The molecule has 0 spiro atoms. The molecule has 1 saturated heterocycles. The molecule has 0 atom stereocenters. The molecule has 0 unspecified atom stereocenters. The highest BCUT2D eigenvalue weighted by Gasteiger charge is 2.12. The van der Waals surface area contributed by atoms with Crippen LogP contribution in [0.5, 0.6) is 0 Å². The van der Waals surface area contributed by atoms with Crippen LogP contribution in [0.15, 0.2) is 0 Å². The molecule has 1 fully saturated rings. The second-order valence-corrected chi connectivity index (χ2v) is 4.55. The fourth-order valence-electron chi connectivity index (χ4n) is 1.08. The number of nitrogens with two attached hydrogens (primary N) is 1. The van der Waals surface area contributed by atoms with Crippen LogP contribution in [0.25, 0.3) is 0 Å². The van der Waals surface area contributed by atoms with Crippen LogP contribution in [0.3, 0.4) is 0 Å². The zero-order valence-corrected chi connectivity index (χ0v) is 7.72. The second kappa shape index (κ2) is 4.18. The van der Waals surface area contributed by atoms with Crippen molar-refractivity contribution in [3.63, 3.8) is 0 Å². The van der Waals surface area contributed by atoms with E-state index in [4.69, 9.17) is 9.88 Å². The van der Waals surface area contributed by atoms with Crippen LogP contribution in [0.4, 0.5) is 0 Å². The van der Waals surface area contributed by atoms with Gasteiger partial charge < -0.3 is 4.74 Å². The molecule has 0 bridgehead atoms. The summed E-state index contributed by atoms with van der Waals surface area (Å²) in [5.41, 5.74) is 0. The van der Waals surface area contributed by atoms with Gasteiger partial charge in [-0.3, -0.25) is 4.90 Å². The van der Waals surface area contributed by atoms with Crippen molar-refractivity contribution in [1.82, 2.24) is 4.90 Å². The smallest absolute Gasteiger partial charge is 0.210 e. The Labute approximate surface area is 72.5 Å². The molecular formula is C6H14N2O3S. The highest BCUT2D eigenvalue weighted by molar-refractivity contribution is 7.89. The van der Waals surface area contributed by atoms with E-state index in [-0.39, 0.29) is 5.75 Å². The molecule has 6 heteroatoms. The van der Waals surface area contributed by atoms with Crippen LogP contribution in [0, 0.1) is 0 Å². The van der Waals surface area contributed by atoms with Gasteiger partial charge >= 0.3 is 0 Å². The van der Waals surface area contributed by atoms with Gasteiger partial charge in [-0.2, -0.15) is 0 Å². The van der Waals surface area contributed by atoms with Gasteiger partial charge in [-0.05, 0) is 0 Å². The molecule has 0 aromatic heterocycles. The number of morpholine rings is 1. The Kier molecular flexibility index (Phi) is 3.45. The van der Waals surface area contributed by atoms with E-state index in [2.05, 4.69) is 0 Å². The first kappa shape index (κ1) is 9.91. The Balaban J connectivity index is 2.22. The first-order valence-electron chi connectivity index (χ1n) is 3.88. The number of nitrogens with zero attached hydrogens (tertiary/aromatic N) is 1. The summed E-state index contributed by atoms with van der Waals surface area (Å²) in [4.78, 5) is 2.04. The minimum atomic E-state index is -3.31. The summed E-state index contributed by atoms with van der Waals surface area (Å²) in [5, 5.41) is 4.87. The number of primary sulfonamides is 1. The predicted molar refractivity (Wildman–Crippen MR) is 45.2 cm³/mol. The fourth-order valence-corrected chi connectivity index (χ4v) is 1.59. The number of sulfonamides is 1. The summed E-state index contributed by atoms with van der Waals surface area (Å²) in [5.74, 6) is 0.0347. The maximum Gasteiger partial charge on any atom is 0.210 e. The molecule has 72 valence electrons. The van der Waals surface area contributed by atoms with Crippen molar-refractivity contribution in [1.29, 1.82) is 0 Å². The van der Waals surface area contributed by atoms with E-state index >= 15 is 0 Å². The molecule has 5 nitrogen and oxygen atoms in total. The first-order chi connectivity index (χ1) is 5.58. The molecule has 1 aliphatic rings. The third-order valence-electron chi connectivity index (χ3n) is 1.80. The number of hydrogen-bond donors (Lipinski definition) is 1. The van der Waals surface area contributed by atoms with Crippen molar-refractivity contribution in [3.8, 4) is 0 Å². The average molecular weight is 194 g/mol. The highest BCUT2D eigenvalue weighted by atomic mass is 32.2. The maximum atomic E-state index is 10.6. The molecular weight excluding hydrogens is 180 g/mol. The average Bonchev–Trinajstić information content (AvgIpc) is 2.02. The summed E-state index contributed by atoms with van der Waals surface area (Å²) >= 11 is 0. The van der Waals surface area contributed by atoms with Crippen LogP contribution in [0.2, 0.25) is 0 Å². The standard InChI is InChI=1S/C6H14N2O3S/c7-12(9,10)6-3-8-1-4-11-5-2-8/h1-6H2,(H2,7,9,10). The van der Waals surface area contributed by atoms with Crippen LogP contribution in [-0.2, 0) is 14.8 Å². The SMILES string of the molecule is NS(=O)(=O)CCN1CCOCC1. The molecule has 0 amide bonds. The molecule has 1 heterocycles. The normalized spacial score (nSPS) is 21.1. The maximum absolute atomic E-state index is 10.6. The molecule has 1 rings (SSSR count). The van der Waals surface area contributed by atoms with Gasteiger partial charge in [0.05, 0.1) is 19.0 Å². The fraction of sp³-hybridized carbons (Fsp3) is 1.00. The second-order valence-electron chi connectivity index (χ2n) is 2.82. The van der Waals surface area contributed by atoms with Gasteiger partial charge in [0.2, 0.25) is 10.0 Å². The van der Waals surface area contributed by atoms with E-state index in [1.807, 2.05) is 4.90 Å². The first-order valence-corrected chi connectivity index (χ1v) is 5.60. The van der Waals surface area contributed by atoms with Crippen molar-refractivity contribution in [2.45, 2.75) is 0 Å². The largest absolute Gasteiger partial charge is 0.379 e. The number of ether oxygens (including phenoxy) is 1. The quantitative estimate of drug-likeness (QED) is 0.600. The topological polar surface area (TPSA) is 72.6 Å².